The molecule has 0 heterocycles. The van der Waals surface area contributed by atoms with Crippen LogP contribution in [0.2, 0.25) is 0 Å². The van der Waals surface area contributed by atoms with Crippen LogP contribution in [0.25, 0.3) is 12.2 Å². The van der Waals surface area contributed by atoms with Gasteiger partial charge in [-0.1, -0.05) is 36.4 Å². The number of phenolic OH excluding ortho intramolecular Hbond substituents is 2. The molecule has 0 spiro atoms. The van der Waals surface area contributed by atoms with Gasteiger partial charge < -0.3 is 19.7 Å². The maximum absolute atomic E-state index is 9.25. The number of rotatable bonds is 4. The first-order valence-corrected chi connectivity index (χ1v) is 7.55. The Morgan fingerprint density at radius 3 is 1.38 bits per heavy atom. The fourth-order valence-electron chi connectivity index (χ4n) is 1.98. The van der Waals surface area contributed by atoms with Crippen LogP contribution in [0.3, 0.4) is 0 Å². The largest absolute Gasteiger partial charge is 0.504 e. The number of allylic oxidation sites excluding steroid dienone is 2. The van der Waals surface area contributed by atoms with Gasteiger partial charge in [0.25, 0.3) is 0 Å². The highest BCUT2D eigenvalue weighted by atomic mass is 16.5. The highest BCUT2D eigenvalue weighted by Gasteiger charge is 2.00. The van der Waals surface area contributed by atoms with Crippen LogP contribution in [0.4, 0.5) is 0 Å². The van der Waals surface area contributed by atoms with Gasteiger partial charge in [0.2, 0.25) is 0 Å². The molecule has 0 atom stereocenters. The molecule has 2 rings (SSSR count). The summed E-state index contributed by atoms with van der Waals surface area (Å²) < 4.78 is 9.90. The van der Waals surface area contributed by atoms with E-state index in [0.29, 0.717) is 11.5 Å². The predicted molar refractivity (Wildman–Crippen MR) is 98.7 cm³/mol. The molecule has 0 bridgehead atoms. The summed E-state index contributed by atoms with van der Waals surface area (Å²) in [6.45, 7) is 3.89. The van der Waals surface area contributed by atoms with Gasteiger partial charge in [-0.25, -0.2) is 0 Å². The molecule has 0 unspecified atom stereocenters. The van der Waals surface area contributed by atoms with Crippen LogP contribution in [-0.2, 0) is 0 Å². The zero-order chi connectivity index (χ0) is 17.9. The van der Waals surface area contributed by atoms with E-state index in [1.165, 1.54) is 14.2 Å². The van der Waals surface area contributed by atoms with Crippen LogP contribution in [0.1, 0.15) is 25.0 Å². The summed E-state index contributed by atoms with van der Waals surface area (Å²) in [5.74, 6) is 1.35. The highest BCUT2D eigenvalue weighted by molar-refractivity contribution is 5.55. The summed E-state index contributed by atoms with van der Waals surface area (Å²) in [5, 5.41) is 18.5. The Morgan fingerprint density at radius 2 is 1.08 bits per heavy atom. The molecule has 0 fully saturated rings. The van der Waals surface area contributed by atoms with Crippen molar-refractivity contribution in [2.45, 2.75) is 13.8 Å². The van der Waals surface area contributed by atoms with E-state index in [2.05, 4.69) is 0 Å². The van der Waals surface area contributed by atoms with Crippen molar-refractivity contribution in [2.24, 2.45) is 0 Å². The van der Waals surface area contributed by atoms with Gasteiger partial charge in [0.15, 0.2) is 23.0 Å². The van der Waals surface area contributed by atoms with Crippen LogP contribution in [0.15, 0.2) is 48.6 Å². The molecular formula is C20H24O4. The van der Waals surface area contributed by atoms with Crippen molar-refractivity contribution in [3.63, 3.8) is 0 Å². The van der Waals surface area contributed by atoms with Crippen LogP contribution in [-0.4, -0.2) is 24.4 Å². The third kappa shape index (κ3) is 5.72. The molecule has 2 aromatic carbocycles. The van der Waals surface area contributed by atoms with Gasteiger partial charge in [-0.2, -0.15) is 0 Å². The molecule has 0 aliphatic rings. The van der Waals surface area contributed by atoms with Gasteiger partial charge >= 0.3 is 0 Å². The molecule has 0 aromatic heterocycles. The lowest BCUT2D eigenvalue weighted by Gasteiger charge is -2.03. The van der Waals surface area contributed by atoms with Crippen molar-refractivity contribution >= 4 is 12.2 Å². The van der Waals surface area contributed by atoms with Crippen LogP contribution in [0.5, 0.6) is 23.0 Å². The van der Waals surface area contributed by atoms with Crippen molar-refractivity contribution in [3.8, 4) is 23.0 Å². The number of methoxy groups -OCH3 is 2. The Labute approximate surface area is 143 Å². The van der Waals surface area contributed by atoms with Gasteiger partial charge in [0.1, 0.15) is 0 Å². The molecular weight excluding hydrogens is 304 g/mol. The van der Waals surface area contributed by atoms with E-state index in [0.717, 1.165) is 11.1 Å². The highest BCUT2D eigenvalue weighted by Crippen LogP contribution is 2.27. The molecule has 0 aliphatic carbocycles. The van der Waals surface area contributed by atoms with Crippen molar-refractivity contribution in [2.75, 3.05) is 14.2 Å². The minimum Gasteiger partial charge on any atom is -0.504 e. The maximum atomic E-state index is 9.25. The maximum Gasteiger partial charge on any atom is 0.161 e. The molecule has 2 aromatic rings. The SMILES string of the molecule is C/C=C\c1ccc(O)c(OC)c1.CC=Cc1ccc(O)c(OC)c1. The van der Waals surface area contributed by atoms with Crippen LogP contribution < -0.4 is 9.47 Å². The number of ether oxygens (including phenoxy) is 2. The van der Waals surface area contributed by atoms with E-state index in [4.69, 9.17) is 9.47 Å². The van der Waals surface area contributed by atoms with Gasteiger partial charge in [0, 0.05) is 0 Å². The lowest BCUT2D eigenvalue weighted by atomic mass is 10.2. The van der Waals surface area contributed by atoms with Crippen molar-refractivity contribution in [1.29, 1.82) is 0 Å². The molecule has 4 nitrogen and oxygen atoms in total. The second-order valence-corrected chi connectivity index (χ2v) is 4.86. The molecule has 0 radical (unpaired) electrons. The fraction of sp³-hybridized carbons (Fsp3) is 0.200. The second kappa shape index (κ2) is 10.0. The Kier molecular flexibility index (Phi) is 7.99. The van der Waals surface area contributed by atoms with E-state index in [1.54, 1.807) is 24.3 Å². The number of phenols is 2. The van der Waals surface area contributed by atoms with Crippen LogP contribution in [0, 0.1) is 0 Å². The molecule has 0 saturated carbocycles. The minimum absolute atomic E-state index is 0.172. The summed E-state index contributed by atoms with van der Waals surface area (Å²) in [4.78, 5) is 0. The number of benzene rings is 2. The normalized spacial score (nSPS) is 10.5. The molecule has 24 heavy (non-hydrogen) atoms. The second-order valence-electron chi connectivity index (χ2n) is 4.86. The van der Waals surface area contributed by atoms with Gasteiger partial charge in [-0.3, -0.25) is 0 Å². The third-order valence-corrected chi connectivity index (χ3v) is 3.13. The zero-order valence-electron chi connectivity index (χ0n) is 14.5. The predicted octanol–water partition coefficient (Wildman–Crippen LogP) is 4.87. The molecule has 2 N–H and O–H groups in total. The smallest absolute Gasteiger partial charge is 0.161 e. The Morgan fingerprint density at radius 1 is 0.708 bits per heavy atom. The topological polar surface area (TPSA) is 58.9 Å². The van der Waals surface area contributed by atoms with Gasteiger partial charge in [-0.05, 0) is 49.2 Å². The molecule has 4 heteroatoms. The zero-order valence-corrected chi connectivity index (χ0v) is 14.5. The molecule has 0 saturated heterocycles. The number of hydrogen-bond donors (Lipinski definition) is 2. The Bertz CT molecular complexity index is 641. The van der Waals surface area contributed by atoms with Crippen molar-refractivity contribution in [1.82, 2.24) is 0 Å². The summed E-state index contributed by atoms with van der Waals surface area (Å²) in [6, 6.07) is 10.5. The standard InChI is InChI=1S/2C10H12O2/c2*1-3-4-8-5-6-9(11)10(7-8)12-2/h2*3-7,11H,1-2H3/b4-3-;. The summed E-state index contributed by atoms with van der Waals surface area (Å²) in [6.07, 6.45) is 7.77. The minimum atomic E-state index is 0.172. The number of aromatic hydroxyl groups is 2. The lowest BCUT2D eigenvalue weighted by Crippen LogP contribution is -1.83. The Balaban J connectivity index is 0.000000240. The molecule has 0 amide bonds. The first-order chi connectivity index (χ1) is 11.5. The average Bonchev–Trinajstić information content (AvgIpc) is 2.59. The van der Waals surface area contributed by atoms with E-state index in [-0.39, 0.29) is 11.5 Å². The quantitative estimate of drug-likeness (QED) is 0.841. The average molecular weight is 328 g/mol. The Hall–Kier alpha value is -2.88. The molecule has 0 aliphatic heterocycles. The van der Waals surface area contributed by atoms with Crippen LogP contribution >= 0.6 is 0 Å². The van der Waals surface area contributed by atoms with E-state index in [9.17, 15) is 10.2 Å². The van der Waals surface area contributed by atoms with E-state index < -0.39 is 0 Å². The lowest BCUT2D eigenvalue weighted by molar-refractivity contribution is 0.373. The summed E-state index contributed by atoms with van der Waals surface area (Å²) >= 11 is 0. The van der Waals surface area contributed by atoms with E-state index >= 15 is 0 Å². The first-order valence-electron chi connectivity index (χ1n) is 7.55. The third-order valence-electron chi connectivity index (χ3n) is 3.13. The first kappa shape index (κ1) is 19.2. The fourth-order valence-corrected chi connectivity index (χ4v) is 1.98. The van der Waals surface area contributed by atoms with Crippen molar-refractivity contribution in [3.05, 3.63) is 59.7 Å². The molecule has 128 valence electrons. The van der Waals surface area contributed by atoms with Gasteiger partial charge in [-0.15, -0.1) is 0 Å². The van der Waals surface area contributed by atoms with Gasteiger partial charge in [0.05, 0.1) is 14.2 Å². The summed E-state index contributed by atoms with van der Waals surface area (Å²) in [5.41, 5.74) is 2.04. The van der Waals surface area contributed by atoms with E-state index in [1.807, 2.05) is 50.3 Å². The van der Waals surface area contributed by atoms with Crippen molar-refractivity contribution < 1.29 is 19.7 Å². The monoisotopic (exact) mass is 328 g/mol. The number of hydrogen-bond acceptors (Lipinski definition) is 4. The summed E-state index contributed by atoms with van der Waals surface area (Å²) in [7, 11) is 3.07.